The van der Waals surface area contributed by atoms with Gasteiger partial charge in [0, 0.05) is 12.6 Å². The molecule has 0 atom stereocenters. The number of carbonyl (C=O) groups is 1. The van der Waals surface area contributed by atoms with Crippen LogP contribution >= 0.6 is 0 Å². The number of nitrogens with one attached hydrogen (secondary N) is 1. The highest BCUT2D eigenvalue weighted by atomic mass is 32.2. The van der Waals surface area contributed by atoms with Crippen LogP contribution in [0, 0.1) is 0 Å². The second kappa shape index (κ2) is 8.68. The van der Waals surface area contributed by atoms with Crippen LogP contribution < -0.4 is 14.8 Å². The van der Waals surface area contributed by atoms with E-state index in [0.717, 1.165) is 4.31 Å². The third kappa shape index (κ3) is 4.53. The summed E-state index contributed by atoms with van der Waals surface area (Å²) in [6, 6.07) is 13.0. The SMILES string of the molecule is CCN(CC(=O)Nc1ccc(OC)cc1OC)S(=O)(=O)c1ccccc1. The summed E-state index contributed by atoms with van der Waals surface area (Å²) in [5.41, 5.74) is 0.437. The van der Waals surface area contributed by atoms with Crippen LogP contribution in [0.4, 0.5) is 5.69 Å². The zero-order valence-corrected chi connectivity index (χ0v) is 15.7. The molecule has 2 aromatic carbocycles. The highest BCUT2D eigenvalue weighted by Gasteiger charge is 2.25. The second-order valence-corrected chi connectivity index (χ2v) is 7.30. The topological polar surface area (TPSA) is 84.9 Å². The normalized spacial score (nSPS) is 11.2. The fraction of sp³-hybridized carbons (Fsp3) is 0.278. The van der Waals surface area contributed by atoms with Crippen molar-refractivity contribution in [2.45, 2.75) is 11.8 Å². The molecular weight excluding hydrogens is 356 g/mol. The molecule has 0 bridgehead atoms. The first-order chi connectivity index (χ1) is 12.4. The summed E-state index contributed by atoms with van der Waals surface area (Å²) < 4.78 is 36.8. The van der Waals surface area contributed by atoms with Gasteiger partial charge < -0.3 is 14.8 Å². The average Bonchev–Trinajstić information content (AvgIpc) is 2.66. The molecule has 0 saturated carbocycles. The van der Waals surface area contributed by atoms with Gasteiger partial charge in [0.05, 0.1) is 31.3 Å². The number of ether oxygens (including phenoxy) is 2. The summed E-state index contributed by atoms with van der Waals surface area (Å²) in [5.74, 6) is 0.545. The van der Waals surface area contributed by atoms with Gasteiger partial charge in [-0.05, 0) is 24.3 Å². The van der Waals surface area contributed by atoms with E-state index in [0.29, 0.717) is 17.2 Å². The molecular formula is C18H22N2O5S. The van der Waals surface area contributed by atoms with Gasteiger partial charge in [-0.2, -0.15) is 4.31 Å². The molecule has 0 aliphatic rings. The first kappa shape index (κ1) is 19.7. The van der Waals surface area contributed by atoms with Gasteiger partial charge in [0.25, 0.3) is 0 Å². The predicted molar refractivity (Wildman–Crippen MR) is 99.1 cm³/mol. The summed E-state index contributed by atoms with van der Waals surface area (Å²) >= 11 is 0. The second-order valence-electron chi connectivity index (χ2n) is 5.36. The summed E-state index contributed by atoms with van der Waals surface area (Å²) in [6.45, 7) is 1.55. The largest absolute Gasteiger partial charge is 0.497 e. The molecule has 0 aliphatic heterocycles. The lowest BCUT2D eigenvalue weighted by Crippen LogP contribution is -2.37. The number of amides is 1. The van der Waals surface area contributed by atoms with Crippen molar-refractivity contribution in [3.63, 3.8) is 0 Å². The maximum Gasteiger partial charge on any atom is 0.243 e. The molecule has 0 saturated heterocycles. The van der Waals surface area contributed by atoms with Crippen molar-refractivity contribution in [3.05, 3.63) is 48.5 Å². The zero-order chi connectivity index (χ0) is 19.2. The van der Waals surface area contributed by atoms with E-state index in [4.69, 9.17) is 9.47 Å². The fourth-order valence-electron chi connectivity index (χ4n) is 2.36. The highest BCUT2D eigenvalue weighted by Crippen LogP contribution is 2.29. The molecule has 8 heteroatoms. The Bertz CT molecular complexity index is 853. The monoisotopic (exact) mass is 378 g/mol. The van der Waals surface area contributed by atoms with Crippen LogP contribution in [0.5, 0.6) is 11.5 Å². The lowest BCUT2D eigenvalue weighted by molar-refractivity contribution is -0.116. The van der Waals surface area contributed by atoms with E-state index in [9.17, 15) is 13.2 Å². The Balaban J connectivity index is 2.15. The average molecular weight is 378 g/mol. The van der Waals surface area contributed by atoms with E-state index in [2.05, 4.69) is 5.32 Å². The Kier molecular flexibility index (Phi) is 6.59. The van der Waals surface area contributed by atoms with Crippen molar-refractivity contribution in [2.24, 2.45) is 0 Å². The number of carbonyl (C=O) groups excluding carboxylic acids is 1. The van der Waals surface area contributed by atoms with Crippen molar-refractivity contribution in [1.82, 2.24) is 4.31 Å². The Morgan fingerprint density at radius 2 is 1.77 bits per heavy atom. The van der Waals surface area contributed by atoms with Gasteiger partial charge in [-0.15, -0.1) is 0 Å². The van der Waals surface area contributed by atoms with Gasteiger partial charge in [-0.1, -0.05) is 25.1 Å². The minimum Gasteiger partial charge on any atom is -0.497 e. The number of hydrogen-bond acceptors (Lipinski definition) is 5. The molecule has 0 spiro atoms. The Labute approximate surface area is 153 Å². The van der Waals surface area contributed by atoms with Crippen LogP contribution in [0.2, 0.25) is 0 Å². The van der Waals surface area contributed by atoms with Gasteiger partial charge in [0.2, 0.25) is 15.9 Å². The molecule has 0 heterocycles. The molecule has 0 aromatic heterocycles. The predicted octanol–water partition coefficient (Wildman–Crippen LogP) is 2.35. The Morgan fingerprint density at radius 1 is 1.08 bits per heavy atom. The molecule has 2 rings (SSSR count). The number of benzene rings is 2. The molecule has 1 amide bonds. The molecule has 7 nitrogen and oxygen atoms in total. The number of hydrogen-bond donors (Lipinski definition) is 1. The molecule has 0 aliphatic carbocycles. The number of anilines is 1. The van der Waals surface area contributed by atoms with Crippen molar-refractivity contribution >= 4 is 21.6 Å². The summed E-state index contributed by atoms with van der Waals surface area (Å²) in [6.07, 6.45) is 0. The summed E-state index contributed by atoms with van der Waals surface area (Å²) in [7, 11) is -0.740. The molecule has 0 radical (unpaired) electrons. The van der Waals surface area contributed by atoms with Crippen molar-refractivity contribution in [1.29, 1.82) is 0 Å². The molecule has 0 unspecified atom stereocenters. The maximum atomic E-state index is 12.7. The first-order valence-corrected chi connectivity index (χ1v) is 9.43. The van der Waals surface area contributed by atoms with E-state index in [1.807, 2.05) is 0 Å². The Hall–Kier alpha value is -2.58. The van der Waals surface area contributed by atoms with E-state index in [-0.39, 0.29) is 18.0 Å². The van der Waals surface area contributed by atoms with Gasteiger partial charge in [-0.3, -0.25) is 4.79 Å². The van der Waals surface area contributed by atoms with Crippen LogP contribution in [-0.4, -0.2) is 45.9 Å². The molecule has 26 heavy (non-hydrogen) atoms. The lowest BCUT2D eigenvalue weighted by Gasteiger charge is -2.20. The minimum absolute atomic E-state index is 0.150. The summed E-state index contributed by atoms with van der Waals surface area (Å²) in [5, 5.41) is 2.68. The van der Waals surface area contributed by atoms with Crippen molar-refractivity contribution in [2.75, 3.05) is 32.6 Å². The molecule has 1 N–H and O–H groups in total. The van der Waals surface area contributed by atoms with Crippen LogP contribution in [0.1, 0.15) is 6.92 Å². The molecule has 0 fully saturated rings. The van der Waals surface area contributed by atoms with E-state index in [1.165, 1.54) is 26.4 Å². The van der Waals surface area contributed by atoms with Crippen LogP contribution in [0.3, 0.4) is 0 Å². The summed E-state index contributed by atoms with van der Waals surface area (Å²) in [4.78, 5) is 12.5. The number of rotatable bonds is 8. The van der Waals surface area contributed by atoms with Gasteiger partial charge in [0.1, 0.15) is 11.5 Å². The third-order valence-electron chi connectivity index (χ3n) is 3.74. The fourth-order valence-corrected chi connectivity index (χ4v) is 3.79. The Morgan fingerprint density at radius 3 is 2.35 bits per heavy atom. The first-order valence-electron chi connectivity index (χ1n) is 7.99. The standard InChI is InChI=1S/C18H22N2O5S/c1-4-20(26(22,23)15-8-6-5-7-9-15)13-18(21)19-16-11-10-14(24-2)12-17(16)25-3/h5-12H,4,13H2,1-3H3,(H,19,21). The molecule has 2 aromatic rings. The quantitative estimate of drug-likeness (QED) is 0.762. The molecule has 140 valence electrons. The third-order valence-corrected chi connectivity index (χ3v) is 5.67. The number of methoxy groups -OCH3 is 2. The van der Waals surface area contributed by atoms with Crippen LogP contribution in [-0.2, 0) is 14.8 Å². The van der Waals surface area contributed by atoms with E-state index >= 15 is 0 Å². The smallest absolute Gasteiger partial charge is 0.243 e. The van der Waals surface area contributed by atoms with Crippen molar-refractivity contribution in [3.8, 4) is 11.5 Å². The zero-order valence-electron chi connectivity index (χ0n) is 14.9. The maximum absolute atomic E-state index is 12.7. The highest BCUT2D eigenvalue weighted by molar-refractivity contribution is 7.89. The van der Waals surface area contributed by atoms with E-state index < -0.39 is 15.9 Å². The van der Waals surface area contributed by atoms with Crippen molar-refractivity contribution < 1.29 is 22.7 Å². The van der Waals surface area contributed by atoms with Gasteiger partial charge >= 0.3 is 0 Å². The minimum atomic E-state index is -3.74. The van der Waals surface area contributed by atoms with Gasteiger partial charge in [-0.25, -0.2) is 8.42 Å². The number of sulfonamides is 1. The van der Waals surface area contributed by atoms with Crippen LogP contribution in [0.15, 0.2) is 53.4 Å². The van der Waals surface area contributed by atoms with Crippen LogP contribution in [0.25, 0.3) is 0 Å². The number of likely N-dealkylation sites (N-methyl/N-ethyl adjacent to an activating group) is 1. The number of nitrogens with zero attached hydrogens (tertiary/aromatic N) is 1. The van der Waals surface area contributed by atoms with E-state index in [1.54, 1.807) is 43.3 Å². The van der Waals surface area contributed by atoms with Gasteiger partial charge in [0.15, 0.2) is 0 Å². The lowest BCUT2D eigenvalue weighted by atomic mass is 10.2.